The van der Waals surface area contributed by atoms with Crippen LogP contribution in [0.25, 0.3) is 10.4 Å². The van der Waals surface area contributed by atoms with E-state index in [-0.39, 0.29) is 39.3 Å². The van der Waals surface area contributed by atoms with Gasteiger partial charge in [-0.3, -0.25) is 11.7 Å². The Morgan fingerprint density at radius 2 is 1.72 bits per heavy atom. The van der Waals surface area contributed by atoms with Gasteiger partial charge in [-0.15, -0.1) is 11.3 Å². The number of benzene rings is 2. The third kappa shape index (κ3) is 9.06. The van der Waals surface area contributed by atoms with E-state index in [4.69, 9.17) is 9.90 Å². The molecule has 8 heteroatoms. The van der Waals surface area contributed by atoms with E-state index in [1.807, 2.05) is 25.1 Å². The van der Waals surface area contributed by atoms with Crippen molar-refractivity contribution in [1.82, 2.24) is 0 Å². The minimum atomic E-state index is -4.33. The number of aryl methyl sites for hydroxylation is 3. The molecule has 3 aromatic rings. The quantitative estimate of drug-likeness (QED) is 0.393. The Morgan fingerprint density at radius 1 is 1.09 bits per heavy atom. The second-order valence-electron chi connectivity index (χ2n) is 6.88. The minimum absolute atomic E-state index is 0. The zero-order valence-corrected chi connectivity index (χ0v) is 21.2. The number of thiophene rings is 1. The second kappa shape index (κ2) is 13.1. The molecule has 0 spiro atoms. The maximum absolute atomic E-state index is 12.8. The number of carboxylic acid groups (broad SMARTS) is 1. The van der Waals surface area contributed by atoms with Gasteiger partial charge in [0.2, 0.25) is 0 Å². The molecule has 32 heavy (non-hydrogen) atoms. The van der Waals surface area contributed by atoms with Gasteiger partial charge in [0.1, 0.15) is 0 Å². The van der Waals surface area contributed by atoms with Crippen LogP contribution in [0.15, 0.2) is 48.5 Å². The third-order valence-corrected chi connectivity index (χ3v) is 5.71. The molecule has 0 unspecified atom stereocenters. The van der Waals surface area contributed by atoms with Crippen molar-refractivity contribution in [2.24, 2.45) is 0 Å². The zero-order valence-electron chi connectivity index (χ0n) is 17.6. The van der Waals surface area contributed by atoms with Crippen LogP contribution in [0.1, 0.15) is 27.1 Å². The molecule has 0 aliphatic heterocycles. The summed E-state index contributed by atoms with van der Waals surface area (Å²) < 4.78 is 38.3. The van der Waals surface area contributed by atoms with Crippen molar-refractivity contribution in [2.75, 3.05) is 6.61 Å². The van der Waals surface area contributed by atoms with Crippen molar-refractivity contribution in [2.45, 2.75) is 32.4 Å². The molecule has 169 valence electrons. The van der Waals surface area contributed by atoms with E-state index in [0.29, 0.717) is 6.42 Å². The summed E-state index contributed by atoms with van der Waals surface area (Å²) in [5.41, 5.74) is 3.51. The Kier molecular flexibility index (Phi) is 11.6. The molecule has 1 heterocycles. The van der Waals surface area contributed by atoms with Crippen LogP contribution in [0.2, 0.25) is 0 Å². The fourth-order valence-corrected chi connectivity index (χ4v) is 4.25. The molecule has 0 saturated heterocycles. The number of aliphatic carboxylic acids is 1. The molecule has 0 aliphatic carbocycles. The van der Waals surface area contributed by atoms with Crippen LogP contribution in [0.3, 0.4) is 0 Å². The molecule has 3 nitrogen and oxygen atoms in total. The van der Waals surface area contributed by atoms with Gasteiger partial charge >= 0.3 is 6.18 Å². The van der Waals surface area contributed by atoms with Gasteiger partial charge in [0.15, 0.2) is 5.97 Å². The smallest absolute Gasteiger partial charge is 0.416 e. The van der Waals surface area contributed by atoms with Gasteiger partial charge in [-0.25, -0.2) is 0 Å². The standard InChI is InChI=1S/C22H20F3OS.C2H3O2.Y/c1-15-3-2-4-16(13-15)5-10-20-18(11-12-26)14-21(27-20)17-6-8-19(9-7-17)22(23,24)25;1-2(3)4;/h2,4,6-9,13-14,26H,5,10-12H2,1H3;1H2,(H,3,4);/q2*-1;. The number of rotatable bonds is 6. The van der Waals surface area contributed by atoms with Gasteiger partial charge < -0.3 is 10.2 Å². The minimum Gasteiger partial charge on any atom is -0.503 e. The van der Waals surface area contributed by atoms with E-state index in [1.54, 1.807) is 11.3 Å². The van der Waals surface area contributed by atoms with Crippen molar-refractivity contribution in [1.29, 1.82) is 0 Å². The second-order valence-corrected chi connectivity index (χ2v) is 8.02. The molecular formula is C24H23F3O3SY-2. The number of aliphatic hydroxyl groups excluding tert-OH is 1. The number of alkyl halides is 3. The van der Waals surface area contributed by atoms with Crippen LogP contribution in [-0.4, -0.2) is 22.8 Å². The van der Waals surface area contributed by atoms with Gasteiger partial charge in [-0.1, -0.05) is 19.1 Å². The number of carbonyl (C=O) groups is 1. The first kappa shape index (κ1) is 28.4. The fourth-order valence-electron chi connectivity index (χ4n) is 3.04. The summed E-state index contributed by atoms with van der Waals surface area (Å²) in [6, 6.07) is 16.4. The summed E-state index contributed by atoms with van der Waals surface area (Å²) in [4.78, 5) is 11.0. The molecule has 0 bridgehead atoms. The average molecular weight is 537 g/mol. The molecular weight excluding hydrogens is 514 g/mol. The van der Waals surface area contributed by atoms with Gasteiger partial charge in [0.05, 0.1) is 5.56 Å². The Labute approximate surface area is 215 Å². The first-order chi connectivity index (χ1) is 14.6. The monoisotopic (exact) mass is 537 g/mol. The number of hydrogen-bond acceptors (Lipinski definition) is 3. The number of carboxylic acids is 1. The van der Waals surface area contributed by atoms with Crippen LogP contribution in [0.5, 0.6) is 0 Å². The van der Waals surface area contributed by atoms with Gasteiger partial charge in [-0.05, 0) is 48.6 Å². The van der Waals surface area contributed by atoms with Crippen LogP contribution in [-0.2, 0) is 62.9 Å². The van der Waals surface area contributed by atoms with E-state index in [0.717, 1.165) is 46.5 Å². The summed E-state index contributed by atoms with van der Waals surface area (Å²) in [6.07, 6.45) is -2.06. The molecule has 0 aliphatic rings. The van der Waals surface area contributed by atoms with Gasteiger partial charge in [-0.2, -0.15) is 48.6 Å². The fraction of sp³-hybridized carbons (Fsp3) is 0.250. The number of halogens is 3. The predicted molar refractivity (Wildman–Crippen MR) is 116 cm³/mol. The van der Waals surface area contributed by atoms with E-state index >= 15 is 0 Å². The summed E-state index contributed by atoms with van der Waals surface area (Å²) in [7, 11) is 0. The average Bonchev–Trinajstić information content (AvgIpc) is 3.09. The Bertz CT molecular complexity index is 994. The van der Waals surface area contributed by atoms with Crippen LogP contribution < -0.4 is 0 Å². The molecule has 0 amide bonds. The van der Waals surface area contributed by atoms with Crippen molar-refractivity contribution >= 4 is 17.3 Å². The summed E-state index contributed by atoms with van der Waals surface area (Å²) >= 11 is 1.59. The normalized spacial score (nSPS) is 10.7. The summed E-state index contributed by atoms with van der Waals surface area (Å²) in [5, 5.41) is 16.7. The van der Waals surface area contributed by atoms with Crippen LogP contribution >= 0.6 is 11.3 Å². The molecule has 0 saturated carbocycles. The molecule has 2 aromatic carbocycles. The first-order valence-electron chi connectivity index (χ1n) is 9.52. The molecule has 0 fully saturated rings. The third-order valence-electron chi connectivity index (χ3n) is 4.43. The first-order valence-corrected chi connectivity index (χ1v) is 10.3. The number of aliphatic hydroxyl groups is 1. The molecule has 2 N–H and O–H groups in total. The van der Waals surface area contributed by atoms with Crippen molar-refractivity contribution in [3.05, 3.63) is 88.7 Å². The largest absolute Gasteiger partial charge is 0.503 e. The maximum atomic E-state index is 12.8. The predicted octanol–water partition coefficient (Wildman–Crippen LogP) is 5.77. The topological polar surface area (TPSA) is 57.5 Å². The van der Waals surface area contributed by atoms with E-state index in [2.05, 4.69) is 19.1 Å². The van der Waals surface area contributed by atoms with Gasteiger partial charge in [0.25, 0.3) is 0 Å². The number of hydrogen-bond donors (Lipinski definition) is 2. The molecule has 1 aromatic heterocycles. The Hall–Kier alpha value is -1.67. The SMILES string of the molecule is Cc1[c-]ccc(CCc2sc(-c3ccc(C(F)(F)F)cc3)cc2CCO)c1.[CH2-]C(=O)O.[Y]. The Balaban J connectivity index is 0.000000945. The van der Waals surface area contributed by atoms with Crippen molar-refractivity contribution in [3.8, 4) is 10.4 Å². The molecule has 1 radical (unpaired) electrons. The van der Waals surface area contributed by atoms with E-state index in [1.165, 1.54) is 22.6 Å². The van der Waals surface area contributed by atoms with Crippen molar-refractivity contribution < 1.29 is 60.9 Å². The summed E-state index contributed by atoms with van der Waals surface area (Å²) in [5.74, 6) is -1.08. The zero-order chi connectivity index (χ0) is 23.0. The van der Waals surface area contributed by atoms with E-state index < -0.39 is 17.7 Å². The van der Waals surface area contributed by atoms with E-state index in [9.17, 15) is 18.3 Å². The van der Waals surface area contributed by atoms with Crippen LogP contribution in [0, 0.1) is 19.9 Å². The van der Waals surface area contributed by atoms with Crippen molar-refractivity contribution in [3.63, 3.8) is 0 Å². The summed E-state index contributed by atoms with van der Waals surface area (Å²) in [6.45, 7) is 4.62. The molecule has 3 rings (SSSR count). The molecule has 0 atom stereocenters. The Morgan fingerprint density at radius 3 is 2.25 bits per heavy atom. The maximum Gasteiger partial charge on any atom is 0.416 e. The van der Waals surface area contributed by atoms with Crippen LogP contribution in [0.4, 0.5) is 13.2 Å². The van der Waals surface area contributed by atoms with Gasteiger partial charge in [0, 0.05) is 49.1 Å².